The Morgan fingerprint density at radius 1 is 1.05 bits per heavy atom. The van der Waals surface area contributed by atoms with Gasteiger partial charge in [-0.15, -0.1) is 0 Å². The summed E-state index contributed by atoms with van der Waals surface area (Å²) in [5.41, 5.74) is 0. The second kappa shape index (κ2) is 7.93. The van der Waals surface area contributed by atoms with Crippen LogP contribution in [0.2, 0.25) is 0 Å². The first-order valence-electron chi connectivity index (χ1n) is 6.95. The molecular weight excluding hydrogens is 316 g/mol. The average molecular weight is 338 g/mol. The van der Waals surface area contributed by atoms with Crippen molar-refractivity contribution in [2.45, 2.75) is 48.2 Å². The van der Waals surface area contributed by atoms with E-state index in [0.717, 1.165) is 0 Å². The molecule has 8 nitrogen and oxygen atoms in total. The highest BCUT2D eigenvalue weighted by Gasteiger charge is 2.46. The number of aliphatic hydroxyl groups excluding tert-OH is 5. The molecule has 1 fully saturated rings. The molecule has 128 valence electrons. The van der Waals surface area contributed by atoms with Crippen LogP contribution in [0.1, 0.15) is 0 Å². The van der Waals surface area contributed by atoms with Crippen molar-refractivity contribution >= 4 is 11.8 Å². The van der Waals surface area contributed by atoms with Crippen LogP contribution in [-0.2, 0) is 14.2 Å². The number of thioether (sulfide) groups is 1. The van der Waals surface area contributed by atoms with Crippen molar-refractivity contribution in [3.8, 4) is 0 Å². The van der Waals surface area contributed by atoms with Crippen molar-refractivity contribution < 1.29 is 39.7 Å². The van der Waals surface area contributed by atoms with Crippen LogP contribution in [0.15, 0.2) is 12.3 Å². The number of aliphatic hydroxyl groups is 5. The molecule has 2 aliphatic heterocycles. The van der Waals surface area contributed by atoms with Crippen LogP contribution in [0.5, 0.6) is 0 Å². The molecule has 0 aromatic heterocycles. The lowest BCUT2D eigenvalue weighted by Gasteiger charge is -2.43. The van der Waals surface area contributed by atoms with Crippen molar-refractivity contribution in [1.29, 1.82) is 0 Å². The fraction of sp³-hybridized carbons (Fsp3) is 0.846. The lowest BCUT2D eigenvalue weighted by atomic mass is 9.99. The molecule has 0 bridgehead atoms. The molecule has 0 aromatic carbocycles. The van der Waals surface area contributed by atoms with Gasteiger partial charge in [0.1, 0.15) is 36.6 Å². The first-order valence-corrected chi connectivity index (χ1v) is 8.24. The molecule has 0 aromatic rings. The van der Waals surface area contributed by atoms with Crippen LogP contribution in [0, 0.1) is 0 Å². The van der Waals surface area contributed by atoms with E-state index in [9.17, 15) is 25.5 Å². The number of hydrogen-bond donors (Lipinski definition) is 5. The summed E-state index contributed by atoms with van der Waals surface area (Å²) in [5, 5.41) is 47.9. The predicted molar refractivity (Wildman–Crippen MR) is 77.0 cm³/mol. The number of ether oxygens (including phenoxy) is 3. The predicted octanol–water partition coefficient (Wildman–Crippen LogP) is -2.19. The highest BCUT2D eigenvalue weighted by Crippen LogP contribution is 2.29. The molecule has 2 aliphatic rings. The highest BCUT2D eigenvalue weighted by molar-refractivity contribution is 7.99. The van der Waals surface area contributed by atoms with Gasteiger partial charge in [-0.2, -0.15) is 11.8 Å². The highest BCUT2D eigenvalue weighted by atomic mass is 32.2. The lowest BCUT2D eigenvalue weighted by molar-refractivity contribution is -0.317. The number of hydrogen-bond acceptors (Lipinski definition) is 9. The molecule has 0 saturated carbocycles. The van der Waals surface area contributed by atoms with Gasteiger partial charge in [-0.1, -0.05) is 0 Å². The maximum absolute atomic E-state index is 10.00. The van der Waals surface area contributed by atoms with Crippen LogP contribution in [0.25, 0.3) is 0 Å². The van der Waals surface area contributed by atoms with E-state index < -0.39 is 49.5 Å². The Balaban J connectivity index is 2.11. The van der Waals surface area contributed by atoms with Gasteiger partial charge in [0.2, 0.25) is 0 Å². The van der Waals surface area contributed by atoms with Crippen LogP contribution < -0.4 is 0 Å². The Hall–Kier alpha value is -0.390. The van der Waals surface area contributed by atoms with Crippen molar-refractivity contribution in [3.05, 3.63) is 12.3 Å². The monoisotopic (exact) mass is 338 g/mol. The molecule has 2 rings (SSSR count). The molecule has 0 amide bonds. The summed E-state index contributed by atoms with van der Waals surface area (Å²) in [5.74, 6) is 0. The minimum absolute atomic E-state index is 0.140. The largest absolute Gasteiger partial charge is 0.493 e. The zero-order valence-electron chi connectivity index (χ0n) is 12.1. The molecule has 0 aliphatic carbocycles. The van der Waals surface area contributed by atoms with Gasteiger partial charge in [0.15, 0.2) is 6.29 Å². The van der Waals surface area contributed by atoms with E-state index in [1.165, 1.54) is 18.0 Å². The fourth-order valence-electron chi connectivity index (χ4n) is 2.48. The van der Waals surface area contributed by atoms with E-state index in [0.29, 0.717) is 0 Å². The summed E-state index contributed by atoms with van der Waals surface area (Å²) in [6.45, 7) is -0.815. The molecule has 8 atom stereocenters. The van der Waals surface area contributed by atoms with E-state index in [-0.39, 0.29) is 11.9 Å². The Kier molecular flexibility index (Phi) is 6.47. The van der Waals surface area contributed by atoms with E-state index in [2.05, 4.69) is 0 Å². The first kappa shape index (κ1) is 18.0. The Morgan fingerprint density at radius 3 is 2.32 bits per heavy atom. The zero-order valence-corrected chi connectivity index (χ0v) is 12.9. The molecule has 6 unspecified atom stereocenters. The SMILES string of the molecule is CS[C@@H]1C=COC(CO)[C@@H]1OC1OC(CO)C(O)C(O)C1O. The van der Waals surface area contributed by atoms with Gasteiger partial charge in [0.05, 0.1) is 24.7 Å². The van der Waals surface area contributed by atoms with Crippen LogP contribution in [0.4, 0.5) is 0 Å². The van der Waals surface area contributed by atoms with Crippen molar-refractivity contribution in [1.82, 2.24) is 0 Å². The zero-order chi connectivity index (χ0) is 16.3. The van der Waals surface area contributed by atoms with E-state index in [1.807, 2.05) is 6.26 Å². The van der Waals surface area contributed by atoms with Crippen LogP contribution in [0.3, 0.4) is 0 Å². The molecule has 0 spiro atoms. The summed E-state index contributed by atoms with van der Waals surface area (Å²) >= 11 is 1.47. The average Bonchev–Trinajstić information content (AvgIpc) is 2.55. The Morgan fingerprint density at radius 2 is 1.73 bits per heavy atom. The van der Waals surface area contributed by atoms with Gasteiger partial charge in [-0.25, -0.2) is 0 Å². The van der Waals surface area contributed by atoms with Crippen molar-refractivity contribution in [3.63, 3.8) is 0 Å². The van der Waals surface area contributed by atoms with Gasteiger partial charge < -0.3 is 39.7 Å². The van der Waals surface area contributed by atoms with Gasteiger partial charge in [-0.3, -0.25) is 0 Å². The molecular formula is C13H22O8S. The smallest absolute Gasteiger partial charge is 0.187 e. The third kappa shape index (κ3) is 3.57. The summed E-state index contributed by atoms with van der Waals surface area (Å²) in [6, 6.07) is 0. The maximum Gasteiger partial charge on any atom is 0.187 e. The van der Waals surface area contributed by atoms with Gasteiger partial charge in [-0.05, 0) is 12.3 Å². The summed E-state index contributed by atoms with van der Waals surface area (Å²) < 4.78 is 16.3. The first-order chi connectivity index (χ1) is 10.5. The normalized spacial score (nSPS) is 45.5. The maximum atomic E-state index is 10.00. The van der Waals surface area contributed by atoms with Crippen molar-refractivity contribution in [2.24, 2.45) is 0 Å². The van der Waals surface area contributed by atoms with Crippen LogP contribution in [-0.4, -0.2) is 93.2 Å². The second-order valence-electron chi connectivity index (χ2n) is 5.18. The third-order valence-electron chi connectivity index (χ3n) is 3.80. The topological polar surface area (TPSA) is 129 Å². The second-order valence-corrected chi connectivity index (χ2v) is 6.20. The number of rotatable bonds is 5. The van der Waals surface area contributed by atoms with E-state index >= 15 is 0 Å². The van der Waals surface area contributed by atoms with Gasteiger partial charge in [0.25, 0.3) is 0 Å². The third-order valence-corrected chi connectivity index (χ3v) is 4.77. The molecule has 5 N–H and O–H groups in total. The molecule has 1 saturated heterocycles. The van der Waals surface area contributed by atoms with Crippen molar-refractivity contribution in [2.75, 3.05) is 19.5 Å². The molecule has 9 heteroatoms. The quantitative estimate of drug-likeness (QED) is 0.379. The minimum atomic E-state index is -1.50. The van der Waals surface area contributed by atoms with Gasteiger partial charge >= 0.3 is 0 Å². The van der Waals surface area contributed by atoms with E-state index in [1.54, 1.807) is 6.08 Å². The molecule has 22 heavy (non-hydrogen) atoms. The summed E-state index contributed by atoms with van der Waals surface area (Å²) in [6.07, 6.45) is -2.88. The Labute approximate surface area is 132 Å². The Bertz CT molecular complexity index is 379. The molecule has 2 heterocycles. The molecule has 0 radical (unpaired) electrons. The van der Waals surface area contributed by atoms with Crippen LogP contribution >= 0.6 is 11.8 Å². The summed E-state index contributed by atoms with van der Waals surface area (Å²) in [4.78, 5) is 0. The van der Waals surface area contributed by atoms with E-state index in [4.69, 9.17) is 14.2 Å². The minimum Gasteiger partial charge on any atom is -0.493 e. The van der Waals surface area contributed by atoms with Gasteiger partial charge in [0, 0.05) is 0 Å². The fourth-order valence-corrected chi connectivity index (χ4v) is 3.21. The summed E-state index contributed by atoms with van der Waals surface area (Å²) in [7, 11) is 0. The lowest BCUT2D eigenvalue weighted by Crippen LogP contribution is -2.61. The standard InChI is InChI=1S/C13H22O8S/c1-22-8-2-3-19-7(5-15)12(8)21-13-11(18)10(17)9(16)6(4-14)20-13/h2-3,6-18H,4-5H2,1H3/t6?,7?,8-,9?,10?,11?,12+,13?/m1/s1.